The number of hydrogen-bond donors (Lipinski definition) is 2. The molecule has 154 valence electrons. The second-order valence-electron chi connectivity index (χ2n) is 7.10. The van der Waals surface area contributed by atoms with E-state index in [1.807, 2.05) is 37.3 Å². The maximum atomic E-state index is 12.2. The fraction of sp³-hybridized carbons (Fsp3) is 0.208. The van der Waals surface area contributed by atoms with Crippen molar-refractivity contribution < 1.29 is 14.4 Å². The zero-order chi connectivity index (χ0) is 21.5. The Balaban J connectivity index is 1.52. The maximum absolute atomic E-state index is 12.2. The number of carbonyl (C=O) groups excluding carboxylic acids is 2. The number of nitrogens with zero attached hydrogens (tertiary/aromatic N) is 1. The van der Waals surface area contributed by atoms with E-state index in [0.717, 1.165) is 21.9 Å². The van der Waals surface area contributed by atoms with Gasteiger partial charge in [0.15, 0.2) is 6.61 Å². The molecule has 0 unspecified atom stereocenters. The summed E-state index contributed by atoms with van der Waals surface area (Å²) in [6.07, 6.45) is 0. The largest absolute Gasteiger partial charge is 0.385 e. The van der Waals surface area contributed by atoms with Gasteiger partial charge in [0, 0.05) is 12.6 Å². The van der Waals surface area contributed by atoms with E-state index in [1.165, 1.54) is 6.92 Å². The van der Waals surface area contributed by atoms with E-state index in [1.54, 1.807) is 19.1 Å². The lowest BCUT2D eigenvalue weighted by molar-refractivity contribution is -0.126. The molecule has 0 aromatic heterocycles. The SMILES string of the molecule is CC(=O)Nc1ccc(C(C)=NOCC(=O)N[C@@H](C)c2ccc3ccccc3c2)cc1. The van der Waals surface area contributed by atoms with Crippen LogP contribution in [0.3, 0.4) is 0 Å². The average Bonchev–Trinajstić information content (AvgIpc) is 2.73. The minimum atomic E-state index is -0.242. The molecular formula is C24H25N3O3. The van der Waals surface area contributed by atoms with Crippen LogP contribution >= 0.6 is 0 Å². The van der Waals surface area contributed by atoms with Gasteiger partial charge >= 0.3 is 0 Å². The van der Waals surface area contributed by atoms with Crippen LogP contribution in [-0.2, 0) is 14.4 Å². The zero-order valence-corrected chi connectivity index (χ0v) is 17.3. The average molecular weight is 403 g/mol. The highest BCUT2D eigenvalue weighted by molar-refractivity contribution is 5.99. The summed E-state index contributed by atoms with van der Waals surface area (Å²) in [6, 6.07) is 21.3. The quantitative estimate of drug-likeness (QED) is 0.453. The number of amides is 2. The molecule has 2 amide bonds. The molecule has 0 spiro atoms. The summed E-state index contributed by atoms with van der Waals surface area (Å²) in [6.45, 7) is 5.02. The van der Waals surface area contributed by atoms with Crippen molar-refractivity contribution in [3.05, 3.63) is 77.9 Å². The first-order valence-electron chi connectivity index (χ1n) is 9.75. The molecule has 0 fully saturated rings. The molecule has 3 aromatic rings. The van der Waals surface area contributed by atoms with Gasteiger partial charge in [-0.3, -0.25) is 9.59 Å². The second kappa shape index (κ2) is 9.69. The smallest absolute Gasteiger partial charge is 0.261 e. The molecule has 0 aliphatic rings. The summed E-state index contributed by atoms with van der Waals surface area (Å²) in [4.78, 5) is 28.5. The third-order valence-corrected chi connectivity index (χ3v) is 4.67. The predicted octanol–water partition coefficient (Wildman–Crippen LogP) is 4.42. The van der Waals surface area contributed by atoms with Crippen molar-refractivity contribution in [2.45, 2.75) is 26.8 Å². The normalized spacial score (nSPS) is 12.3. The van der Waals surface area contributed by atoms with Crippen LogP contribution in [0.25, 0.3) is 10.8 Å². The number of carbonyl (C=O) groups is 2. The van der Waals surface area contributed by atoms with Gasteiger partial charge in [0.1, 0.15) is 0 Å². The molecule has 30 heavy (non-hydrogen) atoms. The van der Waals surface area contributed by atoms with E-state index in [2.05, 4.69) is 40.1 Å². The molecule has 0 bridgehead atoms. The Morgan fingerprint density at radius 1 is 0.967 bits per heavy atom. The first-order valence-corrected chi connectivity index (χ1v) is 9.75. The minimum Gasteiger partial charge on any atom is -0.385 e. The monoisotopic (exact) mass is 403 g/mol. The van der Waals surface area contributed by atoms with Crippen molar-refractivity contribution in [1.82, 2.24) is 5.32 Å². The third kappa shape index (κ3) is 5.67. The molecule has 2 N–H and O–H groups in total. The van der Waals surface area contributed by atoms with Gasteiger partial charge in [0.2, 0.25) is 5.91 Å². The van der Waals surface area contributed by atoms with Crippen LogP contribution in [0.2, 0.25) is 0 Å². The number of rotatable bonds is 7. The lowest BCUT2D eigenvalue weighted by atomic mass is 10.0. The fourth-order valence-electron chi connectivity index (χ4n) is 3.08. The molecule has 0 saturated carbocycles. The number of benzene rings is 3. The first kappa shape index (κ1) is 21.0. The molecule has 0 heterocycles. The van der Waals surface area contributed by atoms with Crippen molar-refractivity contribution in [3.8, 4) is 0 Å². The highest BCUT2D eigenvalue weighted by atomic mass is 16.6. The molecule has 0 saturated heterocycles. The van der Waals surface area contributed by atoms with Crippen LogP contribution in [0.5, 0.6) is 0 Å². The Hall–Kier alpha value is -3.67. The maximum Gasteiger partial charge on any atom is 0.261 e. The van der Waals surface area contributed by atoms with Gasteiger partial charge in [-0.25, -0.2) is 0 Å². The number of fused-ring (bicyclic) bond motifs is 1. The van der Waals surface area contributed by atoms with E-state index in [0.29, 0.717) is 11.4 Å². The van der Waals surface area contributed by atoms with Crippen LogP contribution in [0, 0.1) is 0 Å². The van der Waals surface area contributed by atoms with Gasteiger partial charge in [-0.15, -0.1) is 0 Å². The van der Waals surface area contributed by atoms with Crippen LogP contribution < -0.4 is 10.6 Å². The molecule has 6 nitrogen and oxygen atoms in total. The van der Waals surface area contributed by atoms with Gasteiger partial charge in [-0.2, -0.15) is 0 Å². The van der Waals surface area contributed by atoms with Gasteiger partial charge in [-0.1, -0.05) is 53.7 Å². The van der Waals surface area contributed by atoms with Crippen LogP contribution in [0.1, 0.15) is 37.9 Å². The number of hydrogen-bond acceptors (Lipinski definition) is 4. The molecule has 3 aromatic carbocycles. The second-order valence-corrected chi connectivity index (χ2v) is 7.10. The van der Waals surface area contributed by atoms with Crippen LogP contribution in [-0.4, -0.2) is 24.1 Å². The van der Waals surface area contributed by atoms with E-state index in [4.69, 9.17) is 4.84 Å². The summed E-state index contributed by atoms with van der Waals surface area (Å²) >= 11 is 0. The van der Waals surface area contributed by atoms with Crippen molar-refractivity contribution in [2.75, 3.05) is 11.9 Å². The molecule has 0 radical (unpaired) electrons. The van der Waals surface area contributed by atoms with Crippen molar-refractivity contribution in [1.29, 1.82) is 0 Å². The van der Waals surface area contributed by atoms with Crippen LogP contribution in [0.4, 0.5) is 5.69 Å². The topological polar surface area (TPSA) is 79.8 Å². The van der Waals surface area contributed by atoms with Crippen molar-refractivity contribution in [3.63, 3.8) is 0 Å². The Labute approximate surface area is 175 Å². The minimum absolute atomic E-state index is 0.125. The molecule has 0 aliphatic carbocycles. The van der Waals surface area contributed by atoms with E-state index >= 15 is 0 Å². The lowest BCUT2D eigenvalue weighted by Crippen LogP contribution is -2.29. The van der Waals surface area contributed by atoms with Crippen LogP contribution in [0.15, 0.2) is 71.9 Å². The highest BCUT2D eigenvalue weighted by Crippen LogP contribution is 2.20. The summed E-state index contributed by atoms with van der Waals surface area (Å²) in [5.74, 6) is -0.367. The number of nitrogens with one attached hydrogen (secondary N) is 2. The standard InChI is InChI=1S/C24H25N3O3/c1-16(21-9-8-20-6-4-5-7-22(20)14-21)25-24(29)15-30-27-17(2)19-10-12-23(13-11-19)26-18(3)28/h4-14,16H,15H2,1-3H3,(H,25,29)(H,26,28)/t16-/m0/s1. The Morgan fingerprint density at radius 3 is 2.37 bits per heavy atom. The Morgan fingerprint density at radius 2 is 1.67 bits per heavy atom. The highest BCUT2D eigenvalue weighted by Gasteiger charge is 2.11. The van der Waals surface area contributed by atoms with Crippen molar-refractivity contribution >= 4 is 34.0 Å². The summed E-state index contributed by atoms with van der Waals surface area (Å²) in [5.41, 5.74) is 3.22. The molecule has 3 rings (SSSR count). The molecule has 0 aliphatic heterocycles. The molecule has 6 heteroatoms. The van der Waals surface area contributed by atoms with Gasteiger partial charge in [-0.05, 0) is 53.9 Å². The zero-order valence-electron chi connectivity index (χ0n) is 17.3. The lowest BCUT2D eigenvalue weighted by Gasteiger charge is -2.14. The Bertz CT molecular complexity index is 1070. The first-order chi connectivity index (χ1) is 14.4. The fourth-order valence-corrected chi connectivity index (χ4v) is 3.08. The number of oxime groups is 1. The summed E-state index contributed by atoms with van der Waals surface area (Å²) < 4.78 is 0. The predicted molar refractivity (Wildman–Crippen MR) is 119 cm³/mol. The van der Waals surface area contributed by atoms with E-state index in [9.17, 15) is 9.59 Å². The van der Waals surface area contributed by atoms with Gasteiger partial charge in [0.05, 0.1) is 11.8 Å². The van der Waals surface area contributed by atoms with E-state index < -0.39 is 0 Å². The van der Waals surface area contributed by atoms with Gasteiger partial charge < -0.3 is 15.5 Å². The summed E-state index contributed by atoms with van der Waals surface area (Å²) in [5, 5.41) is 11.9. The number of anilines is 1. The molecule has 1 atom stereocenters. The van der Waals surface area contributed by atoms with Gasteiger partial charge in [0.25, 0.3) is 5.91 Å². The summed E-state index contributed by atoms with van der Waals surface area (Å²) in [7, 11) is 0. The molecular weight excluding hydrogens is 378 g/mol. The Kier molecular flexibility index (Phi) is 6.80. The van der Waals surface area contributed by atoms with Crippen molar-refractivity contribution in [2.24, 2.45) is 5.16 Å². The third-order valence-electron chi connectivity index (χ3n) is 4.67. The van der Waals surface area contributed by atoms with E-state index in [-0.39, 0.29) is 24.5 Å².